The van der Waals surface area contributed by atoms with Crippen molar-refractivity contribution >= 4 is 5.97 Å². The summed E-state index contributed by atoms with van der Waals surface area (Å²) in [6, 6.07) is 13.8. The highest BCUT2D eigenvalue weighted by Gasteiger charge is 2.18. The molecule has 3 heteroatoms. The first-order valence-electron chi connectivity index (χ1n) is 6.10. The number of rotatable bonds is 4. The Morgan fingerprint density at radius 1 is 1.16 bits per heavy atom. The number of aliphatic carboxylic acids is 1. The zero-order chi connectivity index (χ0) is 13.8. The van der Waals surface area contributed by atoms with Crippen LogP contribution < -0.4 is 0 Å². The minimum atomic E-state index is -0.865. The lowest BCUT2D eigenvalue weighted by Crippen LogP contribution is -2.08. The molecule has 0 fully saturated rings. The zero-order valence-corrected chi connectivity index (χ0v) is 10.6. The highest BCUT2D eigenvalue weighted by atomic mass is 19.1. The summed E-state index contributed by atoms with van der Waals surface area (Å²) in [5, 5.41) is 9.06. The number of carboxylic acid groups (broad SMARTS) is 1. The van der Waals surface area contributed by atoms with E-state index in [1.54, 1.807) is 12.1 Å². The van der Waals surface area contributed by atoms with Crippen LogP contribution in [0.25, 0.3) is 0 Å². The fourth-order valence-corrected chi connectivity index (χ4v) is 2.18. The van der Waals surface area contributed by atoms with Gasteiger partial charge in [-0.3, -0.25) is 4.79 Å². The standard InChI is InChI=1S/C16H15FO2/c1-11-3-2-4-13(9-11)15(10-16(18)19)12-5-7-14(17)8-6-12/h2-9,15H,10H2,1H3,(H,18,19)/t15-/m0/s1. The third-order valence-electron chi connectivity index (χ3n) is 3.10. The molecule has 0 aromatic heterocycles. The summed E-state index contributed by atoms with van der Waals surface area (Å²) in [5.41, 5.74) is 2.83. The minimum absolute atomic E-state index is 0.00488. The van der Waals surface area contributed by atoms with Crippen LogP contribution in [-0.4, -0.2) is 11.1 Å². The molecule has 19 heavy (non-hydrogen) atoms. The van der Waals surface area contributed by atoms with Gasteiger partial charge in [-0.05, 0) is 30.2 Å². The lowest BCUT2D eigenvalue weighted by molar-refractivity contribution is -0.137. The summed E-state index contributed by atoms with van der Waals surface area (Å²) < 4.78 is 13.0. The number of benzene rings is 2. The second-order valence-corrected chi connectivity index (χ2v) is 4.62. The van der Waals surface area contributed by atoms with Crippen LogP contribution in [0.2, 0.25) is 0 Å². The lowest BCUT2D eigenvalue weighted by Gasteiger charge is -2.16. The van der Waals surface area contributed by atoms with Gasteiger partial charge in [-0.25, -0.2) is 4.39 Å². The van der Waals surface area contributed by atoms with E-state index in [-0.39, 0.29) is 18.2 Å². The van der Waals surface area contributed by atoms with E-state index in [9.17, 15) is 9.18 Å². The Kier molecular flexibility index (Phi) is 3.95. The van der Waals surface area contributed by atoms with Gasteiger partial charge in [0, 0.05) is 5.92 Å². The van der Waals surface area contributed by atoms with Crippen LogP contribution in [0, 0.1) is 12.7 Å². The van der Waals surface area contributed by atoms with Gasteiger partial charge in [0.15, 0.2) is 0 Å². The van der Waals surface area contributed by atoms with Crippen LogP contribution in [0.15, 0.2) is 48.5 Å². The second-order valence-electron chi connectivity index (χ2n) is 4.62. The Morgan fingerprint density at radius 3 is 2.42 bits per heavy atom. The molecule has 0 unspecified atom stereocenters. The fourth-order valence-electron chi connectivity index (χ4n) is 2.18. The summed E-state index contributed by atoms with van der Waals surface area (Å²) in [4.78, 5) is 11.0. The molecule has 0 aliphatic rings. The van der Waals surface area contributed by atoms with Crippen molar-refractivity contribution in [3.63, 3.8) is 0 Å². The van der Waals surface area contributed by atoms with Gasteiger partial charge < -0.3 is 5.11 Å². The van der Waals surface area contributed by atoms with E-state index >= 15 is 0 Å². The fraction of sp³-hybridized carbons (Fsp3) is 0.188. The van der Waals surface area contributed by atoms with E-state index in [1.807, 2.05) is 31.2 Å². The molecule has 0 amide bonds. The number of aryl methyl sites for hydroxylation is 1. The van der Waals surface area contributed by atoms with Crippen LogP contribution in [0.3, 0.4) is 0 Å². The van der Waals surface area contributed by atoms with Gasteiger partial charge >= 0.3 is 5.97 Å². The Hall–Kier alpha value is -2.16. The first kappa shape index (κ1) is 13.3. The Bertz CT molecular complexity index is 576. The minimum Gasteiger partial charge on any atom is -0.481 e. The molecule has 1 N–H and O–H groups in total. The van der Waals surface area contributed by atoms with Gasteiger partial charge in [-0.1, -0.05) is 42.0 Å². The highest BCUT2D eigenvalue weighted by Crippen LogP contribution is 2.28. The van der Waals surface area contributed by atoms with Gasteiger partial charge in [0.1, 0.15) is 5.82 Å². The van der Waals surface area contributed by atoms with E-state index in [4.69, 9.17) is 5.11 Å². The molecule has 2 aromatic carbocycles. The molecule has 2 aromatic rings. The molecule has 2 rings (SSSR count). The highest BCUT2D eigenvalue weighted by molar-refractivity contribution is 5.69. The first-order valence-corrected chi connectivity index (χ1v) is 6.10. The average molecular weight is 258 g/mol. The quantitative estimate of drug-likeness (QED) is 0.907. The van der Waals surface area contributed by atoms with E-state index in [2.05, 4.69) is 0 Å². The van der Waals surface area contributed by atoms with Crippen molar-refractivity contribution in [1.29, 1.82) is 0 Å². The molecule has 0 saturated heterocycles. The molecule has 2 nitrogen and oxygen atoms in total. The summed E-state index contributed by atoms with van der Waals surface area (Å²) in [6.45, 7) is 1.96. The molecule has 98 valence electrons. The number of carboxylic acids is 1. The Balaban J connectivity index is 2.40. The normalized spacial score (nSPS) is 12.1. The topological polar surface area (TPSA) is 37.3 Å². The molecule has 0 radical (unpaired) electrons. The number of halogens is 1. The van der Waals surface area contributed by atoms with Crippen molar-refractivity contribution in [3.05, 3.63) is 71.0 Å². The van der Waals surface area contributed by atoms with Gasteiger partial charge in [0.2, 0.25) is 0 Å². The smallest absolute Gasteiger partial charge is 0.304 e. The third kappa shape index (κ3) is 3.41. The van der Waals surface area contributed by atoms with Crippen molar-refractivity contribution in [3.8, 4) is 0 Å². The maximum Gasteiger partial charge on any atom is 0.304 e. The van der Waals surface area contributed by atoms with Crippen molar-refractivity contribution in [2.45, 2.75) is 19.3 Å². The second kappa shape index (κ2) is 5.65. The molecule has 1 atom stereocenters. The van der Waals surface area contributed by atoms with Crippen molar-refractivity contribution in [2.24, 2.45) is 0 Å². The molecular formula is C16H15FO2. The van der Waals surface area contributed by atoms with Gasteiger partial charge in [0.25, 0.3) is 0 Å². The van der Waals surface area contributed by atoms with Crippen molar-refractivity contribution < 1.29 is 14.3 Å². The summed E-state index contributed by atoms with van der Waals surface area (Å²) in [5.74, 6) is -1.43. The average Bonchev–Trinajstić information content (AvgIpc) is 2.37. The molecule has 0 aliphatic carbocycles. The van der Waals surface area contributed by atoms with Crippen molar-refractivity contribution in [1.82, 2.24) is 0 Å². The summed E-state index contributed by atoms with van der Waals surface area (Å²) in [7, 11) is 0. The van der Waals surface area contributed by atoms with Gasteiger partial charge in [-0.15, -0.1) is 0 Å². The molecule has 0 spiro atoms. The van der Waals surface area contributed by atoms with Gasteiger partial charge in [0.05, 0.1) is 6.42 Å². The summed E-state index contributed by atoms with van der Waals surface area (Å²) >= 11 is 0. The van der Waals surface area contributed by atoms with E-state index < -0.39 is 5.97 Å². The maximum atomic E-state index is 13.0. The van der Waals surface area contributed by atoms with E-state index in [1.165, 1.54) is 12.1 Å². The lowest BCUT2D eigenvalue weighted by atomic mass is 9.88. The molecular weight excluding hydrogens is 243 g/mol. The van der Waals surface area contributed by atoms with Crippen LogP contribution in [0.5, 0.6) is 0 Å². The van der Waals surface area contributed by atoms with E-state index in [0.717, 1.165) is 16.7 Å². The third-order valence-corrected chi connectivity index (χ3v) is 3.10. The Morgan fingerprint density at radius 2 is 1.84 bits per heavy atom. The SMILES string of the molecule is Cc1cccc([C@@H](CC(=O)O)c2ccc(F)cc2)c1. The Labute approximate surface area is 111 Å². The van der Waals surface area contributed by atoms with Crippen LogP contribution in [0.1, 0.15) is 29.0 Å². The zero-order valence-electron chi connectivity index (χ0n) is 10.6. The van der Waals surface area contributed by atoms with E-state index in [0.29, 0.717) is 0 Å². The predicted molar refractivity (Wildman–Crippen MR) is 71.7 cm³/mol. The molecule has 0 heterocycles. The molecule has 0 saturated carbocycles. The number of hydrogen-bond donors (Lipinski definition) is 1. The molecule has 0 aliphatic heterocycles. The van der Waals surface area contributed by atoms with Crippen LogP contribution in [-0.2, 0) is 4.79 Å². The maximum absolute atomic E-state index is 13.0. The number of hydrogen-bond acceptors (Lipinski definition) is 1. The summed E-state index contributed by atoms with van der Waals surface area (Å²) in [6.07, 6.45) is -0.00488. The van der Waals surface area contributed by atoms with Crippen LogP contribution >= 0.6 is 0 Å². The molecule has 0 bridgehead atoms. The monoisotopic (exact) mass is 258 g/mol. The van der Waals surface area contributed by atoms with Crippen LogP contribution in [0.4, 0.5) is 4.39 Å². The predicted octanol–water partition coefficient (Wildman–Crippen LogP) is 3.74. The van der Waals surface area contributed by atoms with Gasteiger partial charge in [-0.2, -0.15) is 0 Å². The largest absolute Gasteiger partial charge is 0.481 e. The van der Waals surface area contributed by atoms with Crippen molar-refractivity contribution in [2.75, 3.05) is 0 Å². The number of carbonyl (C=O) groups is 1. The first-order chi connectivity index (χ1) is 9.06.